The minimum Gasteiger partial charge on any atom is -0.542 e. The first-order valence-electron chi connectivity index (χ1n) is 3.93. The molecule has 0 N–H and O–H groups in total. The SMILES string of the molecule is O=C([O-])c1cc(=O)c2ccccc2o1. The van der Waals surface area contributed by atoms with Crippen molar-refractivity contribution in [2.75, 3.05) is 0 Å². The van der Waals surface area contributed by atoms with Crippen molar-refractivity contribution in [1.82, 2.24) is 0 Å². The van der Waals surface area contributed by atoms with E-state index in [4.69, 9.17) is 4.42 Å². The van der Waals surface area contributed by atoms with E-state index in [0.717, 1.165) is 6.07 Å². The lowest BCUT2D eigenvalue weighted by molar-refractivity contribution is -0.257. The van der Waals surface area contributed by atoms with E-state index in [0.29, 0.717) is 5.39 Å². The largest absolute Gasteiger partial charge is 0.542 e. The van der Waals surface area contributed by atoms with E-state index in [9.17, 15) is 14.7 Å². The fourth-order valence-corrected chi connectivity index (χ4v) is 1.20. The monoisotopic (exact) mass is 189 g/mol. The number of benzene rings is 1. The van der Waals surface area contributed by atoms with Gasteiger partial charge in [-0.3, -0.25) is 4.79 Å². The van der Waals surface area contributed by atoms with Crippen LogP contribution in [0, 0.1) is 0 Å². The molecule has 0 atom stereocenters. The number of carbonyl (C=O) groups is 1. The minimum atomic E-state index is -1.49. The quantitative estimate of drug-likeness (QED) is 0.640. The Labute approximate surface area is 78.4 Å². The van der Waals surface area contributed by atoms with Crippen molar-refractivity contribution in [2.24, 2.45) is 0 Å². The van der Waals surface area contributed by atoms with E-state index in [2.05, 4.69) is 0 Å². The molecular weight excluding hydrogens is 184 g/mol. The Kier molecular flexibility index (Phi) is 1.81. The molecule has 0 aliphatic heterocycles. The number of carboxylic acids is 1. The first-order valence-corrected chi connectivity index (χ1v) is 3.93. The highest BCUT2D eigenvalue weighted by atomic mass is 16.4. The van der Waals surface area contributed by atoms with E-state index < -0.39 is 11.7 Å². The summed E-state index contributed by atoms with van der Waals surface area (Å²) in [6.07, 6.45) is 0. The van der Waals surface area contributed by atoms with Gasteiger partial charge < -0.3 is 14.3 Å². The van der Waals surface area contributed by atoms with Crippen molar-refractivity contribution in [2.45, 2.75) is 0 Å². The molecule has 0 unspecified atom stereocenters. The summed E-state index contributed by atoms with van der Waals surface area (Å²) in [6, 6.07) is 7.35. The molecule has 2 rings (SSSR count). The highest BCUT2D eigenvalue weighted by Crippen LogP contribution is 2.10. The average molecular weight is 189 g/mol. The second-order valence-corrected chi connectivity index (χ2v) is 2.76. The number of carbonyl (C=O) groups excluding carboxylic acids is 1. The summed E-state index contributed by atoms with van der Waals surface area (Å²) in [7, 11) is 0. The van der Waals surface area contributed by atoms with Gasteiger partial charge in [0.1, 0.15) is 11.6 Å². The number of hydrogen-bond donors (Lipinski definition) is 0. The van der Waals surface area contributed by atoms with Crippen molar-refractivity contribution in [3.05, 3.63) is 46.3 Å². The molecule has 0 amide bonds. The van der Waals surface area contributed by atoms with E-state index >= 15 is 0 Å². The fraction of sp³-hybridized carbons (Fsp3) is 0. The number of fused-ring (bicyclic) bond motifs is 1. The highest BCUT2D eigenvalue weighted by molar-refractivity contribution is 5.85. The molecule has 1 heterocycles. The zero-order valence-electron chi connectivity index (χ0n) is 7.02. The number of carboxylic acid groups (broad SMARTS) is 1. The molecule has 2 aromatic rings. The molecule has 0 aliphatic rings. The second kappa shape index (κ2) is 2.99. The van der Waals surface area contributed by atoms with Gasteiger partial charge in [-0.2, -0.15) is 0 Å². The van der Waals surface area contributed by atoms with Crippen molar-refractivity contribution in [3.8, 4) is 0 Å². The normalized spacial score (nSPS) is 10.3. The van der Waals surface area contributed by atoms with Gasteiger partial charge >= 0.3 is 0 Å². The molecule has 0 radical (unpaired) electrons. The summed E-state index contributed by atoms with van der Waals surface area (Å²) in [5, 5.41) is 10.8. The van der Waals surface area contributed by atoms with Gasteiger partial charge in [0.05, 0.1) is 5.39 Å². The van der Waals surface area contributed by atoms with Crippen LogP contribution in [0.25, 0.3) is 11.0 Å². The zero-order valence-corrected chi connectivity index (χ0v) is 7.02. The lowest BCUT2D eigenvalue weighted by atomic mass is 10.2. The molecule has 70 valence electrons. The van der Waals surface area contributed by atoms with Crippen LogP contribution >= 0.6 is 0 Å². The number of para-hydroxylation sites is 1. The lowest BCUT2D eigenvalue weighted by Crippen LogP contribution is -2.23. The van der Waals surface area contributed by atoms with Crippen molar-refractivity contribution < 1.29 is 14.3 Å². The summed E-state index contributed by atoms with van der Waals surface area (Å²) < 4.78 is 4.94. The zero-order chi connectivity index (χ0) is 10.1. The number of hydrogen-bond acceptors (Lipinski definition) is 4. The molecule has 0 fully saturated rings. The Morgan fingerprint density at radius 2 is 2.00 bits per heavy atom. The maximum atomic E-state index is 11.4. The first kappa shape index (κ1) is 8.50. The summed E-state index contributed by atoms with van der Waals surface area (Å²) in [4.78, 5) is 21.8. The Balaban J connectivity index is 2.86. The second-order valence-electron chi connectivity index (χ2n) is 2.76. The minimum absolute atomic E-state index is 0.249. The van der Waals surface area contributed by atoms with Crippen LogP contribution in [0.1, 0.15) is 10.6 Å². The molecule has 4 heteroatoms. The predicted molar refractivity (Wildman–Crippen MR) is 46.8 cm³/mol. The molecule has 1 aromatic carbocycles. The molecular formula is C10H5O4-. The van der Waals surface area contributed by atoms with Gasteiger partial charge in [0.25, 0.3) is 0 Å². The Morgan fingerprint density at radius 3 is 2.71 bits per heavy atom. The lowest BCUT2D eigenvalue weighted by Gasteiger charge is -2.02. The number of rotatable bonds is 1. The van der Waals surface area contributed by atoms with Gasteiger partial charge in [-0.05, 0) is 12.1 Å². The van der Waals surface area contributed by atoms with Crippen LogP contribution in [0.5, 0.6) is 0 Å². The van der Waals surface area contributed by atoms with Crippen LogP contribution in [0.4, 0.5) is 0 Å². The number of aromatic carboxylic acids is 1. The van der Waals surface area contributed by atoms with Gasteiger partial charge in [0.15, 0.2) is 11.2 Å². The standard InChI is InChI=1S/C10H6O4/c11-7-5-9(10(12)13)14-8-4-2-1-3-6(7)8/h1-5H,(H,12,13)/p-1. The van der Waals surface area contributed by atoms with E-state index in [-0.39, 0.29) is 11.0 Å². The fourth-order valence-electron chi connectivity index (χ4n) is 1.20. The highest BCUT2D eigenvalue weighted by Gasteiger charge is 2.03. The van der Waals surface area contributed by atoms with Crippen LogP contribution in [0.15, 0.2) is 39.5 Å². The molecule has 1 aromatic heterocycles. The van der Waals surface area contributed by atoms with E-state index in [1.54, 1.807) is 18.2 Å². The third-order valence-electron chi connectivity index (χ3n) is 1.84. The summed E-state index contributed by atoms with van der Waals surface area (Å²) >= 11 is 0. The van der Waals surface area contributed by atoms with Crippen LogP contribution in [-0.4, -0.2) is 5.97 Å². The summed E-state index contributed by atoms with van der Waals surface area (Å²) in [5.74, 6) is -1.94. The Bertz CT molecular complexity index is 553. The van der Waals surface area contributed by atoms with Crippen LogP contribution < -0.4 is 10.5 Å². The Morgan fingerprint density at radius 1 is 1.29 bits per heavy atom. The predicted octanol–water partition coefficient (Wildman–Crippen LogP) is 0.156. The maximum absolute atomic E-state index is 11.4. The smallest absolute Gasteiger partial charge is 0.193 e. The molecule has 4 nitrogen and oxygen atoms in total. The van der Waals surface area contributed by atoms with Gasteiger partial charge in [0.2, 0.25) is 0 Å². The third kappa shape index (κ3) is 1.26. The summed E-state index contributed by atoms with van der Waals surface area (Å²) in [5.41, 5.74) is -0.134. The van der Waals surface area contributed by atoms with Gasteiger partial charge in [-0.1, -0.05) is 12.1 Å². The summed E-state index contributed by atoms with van der Waals surface area (Å²) in [6.45, 7) is 0. The Hall–Kier alpha value is -2.10. The third-order valence-corrected chi connectivity index (χ3v) is 1.84. The molecule has 0 bridgehead atoms. The van der Waals surface area contributed by atoms with Gasteiger partial charge in [-0.15, -0.1) is 0 Å². The van der Waals surface area contributed by atoms with Gasteiger partial charge in [-0.25, -0.2) is 0 Å². The molecule has 0 saturated carbocycles. The van der Waals surface area contributed by atoms with Crippen LogP contribution in [0.2, 0.25) is 0 Å². The molecule has 0 spiro atoms. The molecule has 0 aliphatic carbocycles. The molecule has 14 heavy (non-hydrogen) atoms. The van der Waals surface area contributed by atoms with E-state index in [1.165, 1.54) is 6.07 Å². The van der Waals surface area contributed by atoms with Crippen molar-refractivity contribution >= 4 is 16.9 Å². The van der Waals surface area contributed by atoms with E-state index in [1.807, 2.05) is 0 Å². The average Bonchev–Trinajstić information content (AvgIpc) is 2.17. The van der Waals surface area contributed by atoms with Crippen molar-refractivity contribution in [3.63, 3.8) is 0 Å². The maximum Gasteiger partial charge on any atom is 0.193 e. The van der Waals surface area contributed by atoms with Gasteiger partial charge in [0, 0.05) is 6.07 Å². The van der Waals surface area contributed by atoms with Crippen molar-refractivity contribution in [1.29, 1.82) is 0 Å². The van der Waals surface area contributed by atoms with Crippen LogP contribution in [-0.2, 0) is 0 Å². The topological polar surface area (TPSA) is 70.3 Å². The van der Waals surface area contributed by atoms with Crippen LogP contribution in [0.3, 0.4) is 0 Å². The first-order chi connectivity index (χ1) is 6.68. The molecule has 0 saturated heterocycles.